The minimum Gasteiger partial charge on any atom is -0.0885 e. The van der Waals surface area contributed by atoms with Crippen LogP contribution in [-0.2, 0) is 0 Å². The van der Waals surface area contributed by atoms with Crippen molar-refractivity contribution in [2.45, 2.75) is 79.6 Å². The zero-order valence-corrected chi connectivity index (χ0v) is 11.7. The normalized spacial score (nSPS) is 18.3. The van der Waals surface area contributed by atoms with E-state index in [1.807, 2.05) is 13.8 Å². The van der Waals surface area contributed by atoms with Gasteiger partial charge in [-0.15, -0.1) is 0 Å². The Bertz CT molecular complexity index is 111. The van der Waals surface area contributed by atoms with E-state index in [0.29, 0.717) is 0 Å². The summed E-state index contributed by atoms with van der Waals surface area (Å²) in [5, 5.41) is 0. The molecule has 0 aliphatic heterocycles. The molecule has 0 bridgehead atoms. The Morgan fingerprint density at radius 3 is 1.87 bits per heavy atom. The number of allylic oxidation sites excluding steroid dienone is 2. The summed E-state index contributed by atoms with van der Waals surface area (Å²) >= 11 is 0. The van der Waals surface area contributed by atoms with Gasteiger partial charge in [-0.1, -0.05) is 72.5 Å². The maximum absolute atomic E-state index is 2.34. The maximum atomic E-state index is 2.34. The number of hydrogen-bond donors (Lipinski definition) is 0. The second kappa shape index (κ2) is 16.2. The molecule has 0 radical (unpaired) electrons. The van der Waals surface area contributed by atoms with Crippen molar-refractivity contribution in [2.75, 3.05) is 0 Å². The molecule has 0 fully saturated rings. The van der Waals surface area contributed by atoms with E-state index in [4.69, 9.17) is 0 Å². The van der Waals surface area contributed by atoms with Gasteiger partial charge in [-0.3, -0.25) is 0 Å². The summed E-state index contributed by atoms with van der Waals surface area (Å²) in [6.45, 7) is 10.6. The molecule has 0 saturated carbocycles. The van der Waals surface area contributed by atoms with Crippen LogP contribution in [0, 0.1) is 5.92 Å². The number of rotatable bonds is 3. The molecular formula is C15H32. The minimum atomic E-state index is 1.01. The first-order chi connectivity index (χ1) is 7.35. The van der Waals surface area contributed by atoms with Gasteiger partial charge in [-0.05, 0) is 25.2 Å². The predicted octanol–water partition coefficient (Wildman–Crippen LogP) is 5.98. The molecule has 0 aromatic rings. The fourth-order valence-corrected chi connectivity index (χ4v) is 1.53. The summed E-state index contributed by atoms with van der Waals surface area (Å²) in [6.07, 6.45) is 14.2. The second-order valence-corrected chi connectivity index (χ2v) is 3.94. The van der Waals surface area contributed by atoms with Gasteiger partial charge in [0.2, 0.25) is 0 Å². The highest BCUT2D eigenvalue weighted by Crippen LogP contribution is 2.22. The first kappa shape index (κ1) is 17.1. The van der Waals surface area contributed by atoms with Crippen LogP contribution in [0.3, 0.4) is 0 Å². The summed E-state index contributed by atoms with van der Waals surface area (Å²) in [7, 11) is 0. The average Bonchev–Trinajstić information content (AvgIpc) is 2.34. The fraction of sp³-hybridized carbons (Fsp3) is 0.867. The molecule has 1 aliphatic carbocycles. The van der Waals surface area contributed by atoms with E-state index in [1.165, 1.54) is 44.9 Å². The van der Waals surface area contributed by atoms with Gasteiger partial charge in [0.05, 0.1) is 0 Å². The lowest BCUT2D eigenvalue weighted by Crippen LogP contribution is -2.00. The lowest BCUT2D eigenvalue weighted by atomic mass is 9.91. The SMILES string of the molecule is CC.CCCC.CCCC1CC=CCC1. The molecule has 1 unspecified atom stereocenters. The van der Waals surface area contributed by atoms with Crippen molar-refractivity contribution < 1.29 is 0 Å². The summed E-state index contributed by atoms with van der Waals surface area (Å²) in [5.74, 6) is 1.01. The maximum Gasteiger partial charge on any atom is -0.0322 e. The molecule has 0 heteroatoms. The van der Waals surface area contributed by atoms with Crippen LogP contribution < -0.4 is 0 Å². The van der Waals surface area contributed by atoms with E-state index in [1.54, 1.807) is 0 Å². The Labute approximate surface area is 98.2 Å². The third-order valence-electron chi connectivity index (χ3n) is 2.57. The molecule has 0 N–H and O–H groups in total. The molecule has 0 amide bonds. The lowest BCUT2D eigenvalue weighted by Gasteiger charge is -2.15. The highest BCUT2D eigenvalue weighted by molar-refractivity contribution is 4.89. The number of unbranched alkanes of at least 4 members (excludes halogenated alkanes) is 1. The van der Waals surface area contributed by atoms with Crippen LogP contribution in [0.15, 0.2) is 12.2 Å². The van der Waals surface area contributed by atoms with Gasteiger partial charge >= 0.3 is 0 Å². The molecule has 1 rings (SSSR count). The molecule has 0 spiro atoms. The Balaban J connectivity index is 0. The van der Waals surface area contributed by atoms with E-state index < -0.39 is 0 Å². The highest BCUT2D eigenvalue weighted by atomic mass is 14.1. The Hall–Kier alpha value is -0.260. The van der Waals surface area contributed by atoms with Crippen molar-refractivity contribution in [2.24, 2.45) is 5.92 Å². The molecule has 0 aromatic heterocycles. The van der Waals surface area contributed by atoms with E-state index in [0.717, 1.165) is 5.92 Å². The molecule has 0 heterocycles. The molecule has 0 saturated heterocycles. The van der Waals surface area contributed by atoms with Crippen LogP contribution in [0.2, 0.25) is 0 Å². The van der Waals surface area contributed by atoms with Gasteiger partial charge in [0.25, 0.3) is 0 Å². The van der Waals surface area contributed by atoms with Crippen molar-refractivity contribution in [1.82, 2.24) is 0 Å². The van der Waals surface area contributed by atoms with Gasteiger partial charge in [0.15, 0.2) is 0 Å². The molecule has 0 aromatic carbocycles. The quantitative estimate of drug-likeness (QED) is 0.505. The first-order valence-corrected chi connectivity index (χ1v) is 7.00. The van der Waals surface area contributed by atoms with E-state index >= 15 is 0 Å². The standard InChI is InChI=1S/C9H16.C4H10.C2H6/c1-2-6-9-7-4-3-5-8-9;1-3-4-2;1-2/h3-4,9H,2,5-8H2,1H3;3-4H2,1-2H3;1-2H3. The fourth-order valence-electron chi connectivity index (χ4n) is 1.53. The van der Waals surface area contributed by atoms with Gasteiger partial charge in [-0.25, -0.2) is 0 Å². The van der Waals surface area contributed by atoms with Crippen molar-refractivity contribution in [1.29, 1.82) is 0 Å². The highest BCUT2D eigenvalue weighted by Gasteiger charge is 2.06. The third kappa shape index (κ3) is 13.7. The van der Waals surface area contributed by atoms with Crippen LogP contribution in [0.1, 0.15) is 79.6 Å². The lowest BCUT2D eigenvalue weighted by molar-refractivity contribution is 0.441. The van der Waals surface area contributed by atoms with Crippen molar-refractivity contribution in [3.63, 3.8) is 0 Å². The number of hydrogen-bond acceptors (Lipinski definition) is 0. The zero-order valence-electron chi connectivity index (χ0n) is 11.7. The summed E-state index contributed by atoms with van der Waals surface area (Å²) in [4.78, 5) is 0. The smallest absolute Gasteiger partial charge is 0.0322 e. The van der Waals surface area contributed by atoms with E-state index in [-0.39, 0.29) is 0 Å². The summed E-state index contributed by atoms with van der Waals surface area (Å²) in [5.41, 5.74) is 0. The van der Waals surface area contributed by atoms with Crippen LogP contribution in [-0.4, -0.2) is 0 Å². The van der Waals surface area contributed by atoms with Crippen LogP contribution in [0.25, 0.3) is 0 Å². The summed E-state index contributed by atoms with van der Waals surface area (Å²) < 4.78 is 0. The van der Waals surface area contributed by atoms with Gasteiger partial charge in [-0.2, -0.15) is 0 Å². The van der Waals surface area contributed by atoms with Gasteiger partial charge < -0.3 is 0 Å². The topological polar surface area (TPSA) is 0 Å². The Morgan fingerprint density at radius 2 is 1.53 bits per heavy atom. The van der Waals surface area contributed by atoms with Gasteiger partial charge in [0.1, 0.15) is 0 Å². The molecule has 1 aliphatic rings. The monoisotopic (exact) mass is 212 g/mol. The molecule has 1 atom stereocenters. The Morgan fingerprint density at radius 1 is 0.933 bits per heavy atom. The average molecular weight is 212 g/mol. The predicted molar refractivity (Wildman–Crippen MR) is 73.3 cm³/mol. The van der Waals surface area contributed by atoms with E-state index in [2.05, 4.69) is 32.9 Å². The molecule has 92 valence electrons. The molecule has 15 heavy (non-hydrogen) atoms. The second-order valence-electron chi connectivity index (χ2n) is 3.94. The zero-order chi connectivity index (χ0) is 11.9. The Kier molecular flexibility index (Phi) is 18.5. The minimum absolute atomic E-state index is 1.01. The molecule has 0 nitrogen and oxygen atoms in total. The van der Waals surface area contributed by atoms with Gasteiger partial charge in [0, 0.05) is 0 Å². The third-order valence-corrected chi connectivity index (χ3v) is 2.57. The van der Waals surface area contributed by atoms with Crippen molar-refractivity contribution in [3.05, 3.63) is 12.2 Å². The van der Waals surface area contributed by atoms with Crippen LogP contribution >= 0.6 is 0 Å². The summed E-state index contributed by atoms with van der Waals surface area (Å²) in [6, 6.07) is 0. The van der Waals surface area contributed by atoms with E-state index in [9.17, 15) is 0 Å². The van der Waals surface area contributed by atoms with Crippen molar-refractivity contribution in [3.8, 4) is 0 Å². The first-order valence-electron chi connectivity index (χ1n) is 7.00. The van der Waals surface area contributed by atoms with Crippen LogP contribution in [0.5, 0.6) is 0 Å². The van der Waals surface area contributed by atoms with Crippen LogP contribution in [0.4, 0.5) is 0 Å². The molecular weight excluding hydrogens is 180 g/mol. The van der Waals surface area contributed by atoms with Crippen molar-refractivity contribution >= 4 is 0 Å². The largest absolute Gasteiger partial charge is 0.0885 e.